The minimum Gasteiger partial charge on any atom is -0.507 e. The van der Waals surface area contributed by atoms with E-state index >= 15 is 0 Å². The zero-order chi connectivity index (χ0) is 41.2. The Balaban J connectivity index is 1.11. The van der Waals surface area contributed by atoms with Gasteiger partial charge in [-0.15, -0.1) is 0 Å². The average Bonchev–Trinajstić information content (AvgIpc) is 3.22. The first-order valence-electron chi connectivity index (χ1n) is 18.7. The summed E-state index contributed by atoms with van der Waals surface area (Å²) in [6.07, 6.45) is 1.19. The molecule has 0 fully saturated rings. The summed E-state index contributed by atoms with van der Waals surface area (Å²) < 4.78 is 0. The van der Waals surface area contributed by atoms with E-state index in [4.69, 9.17) is 0 Å². The lowest BCUT2D eigenvalue weighted by molar-refractivity contribution is 0.0746. The maximum absolute atomic E-state index is 14.0. The summed E-state index contributed by atoms with van der Waals surface area (Å²) in [6, 6.07) is 33.5. The Morgan fingerprint density at radius 3 is 1.17 bits per heavy atom. The second kappa shape index (κ2) is 18.4. The zero-order valence-corrected chi connectivity index (χ0v) is 31.4. The summed E-state index contributed by atoms with van der Waals surface area (Å²) in [4.78, 5) is 41.8. The van der Waals surface area contributed by atoms with Crippen molar-refractivity contribution in [3.05, 3.63) is 144 Å². The molecule has 0 aliphatic heterocycles. The van der Waals surface area contributed by atoms with E-state index in [1.807, 2.05) is 0 Å². The standard InChI is InChI=1S/C46H43N3O9/c50-38-22-4-1-13-29(38)32-16-9-19-35(41(32)53)44(56)47-25-7-8-27-49(46(58)37-21-11-18-34(43(37)55)31-15-3-6-24-40(31)52)28-12-26-48-45(57)36-20-10-17-33(42(36)54)30-14-2-5-23-39(30)51/h1-6,9-11,13-24,50-55H,7-8,12,25-28H2,(H,47,56)(H,48,57). The molecule has 0 heterocycles. The Kier molecular flexibility index (Phi) is 12.8. The van der Waals surface area contributed by atoms with Crippen LogP contribution in [0.3, 0.4) is 0 Å². The number of phenols is 6. The molecule has 6 aromatic rings. The second-order valence-electron chi connectivity index (χ2n) is 13.5. The van der Waals surface area contributed by atoms with Crippen molar-refractivity contribution < 1.29 is 45.0 Å². The number of hydrogen-bond donors (Lipinski definition) is 8. The summed E-state index contributed by atoms with van der Waals surface area (Å²) in [5.74, 6) is -2.55. The first kappa shape index (κ1) is 40.2. The molecule has 0 aromatic heterocycles. The molecule has 0 saturated heterocycles. The van der Waals surface area contributed by atoms with Crippen LogP contribution in [-0.2, 0) is 0 Å². The van der Waals surface area contributed by atoms with Crippen molar-refractivity contribution in [2.45, 2.75) is 19.3 Å². The summed E-state index contributed by atoms with van der Waals surface area (Å²) in [7, 11) is 0. The summed E-state index contributed by atoms with van der Waals surface area (Å²) >= 11 is 0. The Bertz CT molecular complexity index is 2450. The maximum Gasteiger partial charge on any atom is 0.257 e. The van der Waals surface area contributed by atoms with E-state index in [0.717, 1.165) is 0 Å². The van der Waals surface area contributed by atoms with Crippen LogP contribution in [0, 0.1) is 0 Å². The molecule has 0 bridgehead atoms. The highest BCUT2D eigenvalue weighted by Gasteiger charge is 2.23. The van der Waals surface area contributed by atoms with Crippen molar-refractivity contribution in [3.63, 3.8) is 0 Å². The molecule has 0 aliphatic carbocycles. The van der Waals surface area contributed by atoms with Crippen molar-refractivity contribution in [3.8, 4) is 67.9 Å². The molecule has 12 nitrogen and oxygen atoms in total. The van der Waals surface area contributed by atoms with Gasteiger partial charge in [0, 0.05) is 59.6 Å². The Morgan fingerprint density at radius 1 is 0.397 bits per heavy atom. The van der Waals surface area contributed by atoms with Gasteiger partial charge in [0.1, 0.15) is 34.5 Å². The Labute approximate surface area is 334 Å². The number of carbonyl (C=O) groups excluding carboxylic acids is 3. The van der Waals surface area contributed by atoms with Crippen LogP contribution >= 0.6 is 0 Å². The topological polar surface area (TPSA) is 200 Å². The number of benzene rings is 6. The van der Waals surface area contributed by atoms with Gasteiger partial charge in [0.2, 0.25) is 0 Å². The SMILES string of the molecule is O=C(NCCCCN(CCCNC(=O)c1cccc(-c2ccccc2O)c1O)C(=O)c1cccc(-c2ccccc2O)c1O)c1cccc(-c2ccccc2O)c1O. The average molecular weight is 782 g/mol. The van der Waals surface area contributed by atoms with E-state index in [1.165, 1.54) is 41.3 Å². The van der Waals surface area contributed by atoms with Crippen LogP contribution in [0.5, 0.6) is 34.5 Å². The number of aromatic hydroxyl groups is 6. The number of nitrogens with one attached hydrogen (secondary N) is 2. The molecule has 3 amide bonds. The van der Waals surface area contributed by atoms with Crippen LogP contribution in [0.4, 0.5) is 0 Å². The van der Waals surface area contributed by atoms with Crippen molar-refractivity contribution >= 4 is 17.7 Å². The van der Waals surface area contributed by atoms with Crippen molar-refractivity contribution in [1.82, 2.24) is 15.5 Å². The number of amides is 3. The highest BCUT2D eigenvalue weighted by molar-refractivity contribution is 6.01. The largest absolute Gasteiger partial charge is 0.507 e. The van der Waals surface area contributed by atoms with Crippen LogP contribution < -0.4 is 10.6 Å². The van der Waals surface area contributed by atoms with Crippen LogP contribution in [0.2, 0.25) is 0 Å². The quantitative estimate of drug-likeness (QED) is 0.0489. The van der Waals surface area contributed by atoms with Crippen LogP contribution in [0.1, 0.15) is 50.3 Å². The molecule has 6 aromatic carbocycles. The molecule has 0 spiro atoms. The van der Waals surface area contributed by atoms with Crippen molar-refractivity contribution in [2.75, 3.05) is 26.2 Å². The van der Waals surface area contributed by atoms with Gasteiger partial charge in [0.15, 0.2) is 0 Å². The Hall–Kier alpha value is -7.47. The molecule has 6 rings (SSSR count). The van der Waals surface area contributed by atoms with Gasteiger partial charge in [-0.25, -0.2) is 0 Å². The van der Waals surface area contributed by atoms with Crippen molar-refractivity contribution in [1.29, 1.82) is 0 Å². The van der Waals surface area contributed by atoms with Crippen molar-refractivity contribution in [2.24, 2.45) is 0 Å². The third kappa shape index (κ3) is 8.97. The lowest BCUT2D eigenvalue weighted by Gasteiger charge is -2.24. The molecular weight excluding hydrogens is 739 g/mol. The van der Waals surface area contributed by atoms with Gasteiger partial charge in [-0.3, -0.25) is 14.4 Å². The third-order valence-corrected chi connectivity index (χ3v) is 9.73. The molecule has 0 unspecified atom stereocenters. The third-order valence-electron chi connectivity index (χ3n) is 9.73. The maximum atomic E-state index is 14.0. The van der Waals surface area contributed by atoms with E-state index in [1.54, 1.807) is 91.0 Å². The molecular formula is C46H43N3O9. The highest BCUT2D eigenvalue weighted by Crippen LogP contribution is 2.39. The van der Waals surface area contributed by atoms with E-state index in [9.17, 15) is 45.0 Å². The predicted molar refractivity (Wildman–Crippen MR) is 220 cm³/mol. The van der Waals surface area contributed by atoms with Gasteiger partial charge < -0.3 is 46.2 Å². The van der Waals surface area contributed by atoms with Gasteiger partial charge in [-0.2, -0.15) is 0 Å². The van der Waals surface area contributed by atoms with E-state index in [-0.39, 0.29) is 82.9 Å². The van der Waals surface area contributed by atoms with Gasteiger partial charge in [-0.05, 0) is 55.7 Å². The number of unbranched alkanes of at least 4 members (excludes halogenated alkanes) is 1. The molecule has 296 valence electrons. The summed E-state index contributed by atoms with van der Waals surface area (Å²) in [5.41, 5.74) is 2.06. The molecule has 58 heavy (non-hydrogen) atoms. The molecule has 12 heteroatoms. The van der Waals surface area contributed by atoms with Gasteiger partial charge in [0.25, 0.3) is 17.7 Å². The predicted octanol–water partition coefficient (Wildman–Crippen LogP) is 7.39. The first-order chi connectivity index (χ1) is 28.1. The van der Waals surface area contributed by atoms with E-state index in [0.29, 0.717) is 47.1 Å². The normalized spacial score (nSPS) is 10.8. The van der Waals surface area contributed by atoms with Gasteiger partial charge >= 0.3 is 0 Å². The molecule has 0 aliphatic rings. The van der Waals surface area contributed by atoms with Crippen LogP contribution in [-0.4, -0.2) is 79.4 Å². The monoisotopic (exact) mass is 781 g/mol. The fourth-order valence-corrected chi connectivity index (χ4v) is 6.70. The number of para-hydroxylation sites is 6. The van der Waals surface area contributed by atoms with Crippen LogP contribution in [0.15, 0.2) is 127 Å². The lowest BCUT2D eigenvalue weighted by Crippen LogP contribution is -2.35. The summed E-state index contributed by atoms with van der Waals surface area (Å²) in [5, 5.41) is 69.7. The molecule has 8 N–H and O–H groups in total. The lowest BCUT2D eigenvalue weighted by atomic mass is 9.99. The number of phenolic OH excluding ortho intramolecular Hbond substituents is 6. The minimum atomic E-state index is -0.548. The van der Waals surface area contributed by atoms with E-state index in [2.05, 4.69) is 10.6 Å². The van der Waals surface area contributed by atoms with E-state index < -0.39 is 17.7 Å². The molecule has 0 atom stereocenters. The summed E-state index contributed by atoms with van der Waals surface area (Å²) in [6.45, 7) is 0.740. The van der Waals surface area contributed by atoms with Gasteiger partial charge in [0.05, 0.1) is 16.7 Å². The smallest absolute Gasteiger partial charge is 0.257 e. The number of nitrogens with zero attached hydrogens (tertiary/aromatic N) is 1. The second-order valence-corrected chi connectivity index (χ2v) is 13.5. The van der Waals surface area contributed by atoms with Gasteiger partial charge in [-0.1, -0.05) is 91.0 Å². The number of rotatable bonds is 15. The molecule has 0 radical (unpaired) electrons. The fourth-order valence-electron chi connectivity index (χ4n) is 6.70. The number of hydrogen-bond acceptors (Lipinski definition) is 9. The Morgan fingerprint density at radius 2 is 0.741 bits per heavy atom. The fraction of sp³-hybridized carbons (Fsp3) is 0.152. The molecule has 0 saturated carbocycles. The minimum absolute atomic E-state index is 0.0138. The first-order valence-corrected chi connectivity index (χ1v) is 18.7. The highest BCUT2D eigenvalue weighted by atomic mass is 16.3. The number of carbonyl (C=O) groups is 3. The van der Waals surface area contributed by atoms with Crippen LogP contribution in [0.25, 0.3) is 33.4 Å². The zero-order valence-electron chi connectivity index (χ0n) is 31.4.